The summed E-state index contributed by atoms with van der Waals surface area (Å²) in [6.07, 6.45) is -0.136. The van der Waals surface area contributed by atoms with Gasteiger partial charge in [-0.1, -0.05) is 0 Å². The molecule has 1 atom stereocenters. The van der Waals surface area contributed by atoms with Crippen LogP contribution in [0.3, 0.4) is 0 Å². The molecule has 6 heteroatoms. The van der Waals surface area contributed by atoms with Crippen LogP contribution < -0.4 is 9.64 Å². The number of likely N-dealkylation sites (N-methyl/N-ethyl adjacent to an activating group) is 1. The van der Waals surface area contributed by atoms with Gasteiger partial charge in [-0.15, -0.1) is 0 Å². The average Bonchev–Trinajstić information content (AvgIpc) is 2.49. The highest BCUT2D eigenvalue weighted by atomic mass is 19.1. The molecule has 1 aliphatic heterocycles. The molecule has 0 amide bonds. The van der Waals surface area contributed by atoms with E-state index in [0.717, 1.165) is 32.7 Å². The van der Waals surface area contributed by atoms with Crippen LogP contribution in [0.25, 0.3) is 0 Å². The summed E-state index contributed by atoms with van der Waals surface area (Å²) in [7, 11) is 2.12. The predicted octanol–water partition coefficient (Wildman–Crippen LogP) is -0.0335. The SMILES string of the molecule is CC(C[NH+]1CCN(C)CC1)OC(=O)COc1ccc(F)cc1. The molecule has 1 aromatic carbocycles. The Balaban J connectivity index is 1.66. The highest BCUT2D eigenvalue weighted by molar-refractivity contribution is 5.71. The van der Waals surface area contributed by atoms with E-state index in [9.17, 15) is 9.18 Å². The van der Waals surface area contributed by atoms with Crippen LogP contribution in [0, 0.1) is 5.82 Å². The largest absolute Gasteiger partial charge is 0.482 e. The second-order valence-corrected chi connectivity index (χ2v) is 5.80. The van der Waals surface area contributed by atoms with E-state index in [2.05, 4.69) is 11.9 Å². The first-order valence-electron chi connectivity index (χ1n) is 7.63. The molecule has 0 aromatic heterocycles. The van der Waals surface area contributed by atoms with E-state index in [0.29, 0.717) is 5.75 Å². The van der Waals surface area contributed by atoms with Gasteiger partial charge in [0, 0.05) is 13.1 Å². The third-order valence-electron chi connectivity index (χ3n) is 3.77. The van der Waals surface area contributed by atoms with Crippen molar-refractivity contribution in [1.29, 1.82) is 0 Å². The molecule has 0 aliphatic carbocycles. The number of nitrogens with zero attached hydrogens (tertiary/aromatic N) is 1. The maximum Gasteiger partial charge on any atom is 0.344 e. The number of esters is 1. The summed E-state index contributed by atoms with van der Waals surface area (Å²) in [4.78, 5) is 15.5. The number of nitrogens with one attached hydrogen (secondary N) is 1. The van der Waals surface area contributed by atoms with Crippen molar-refractivity contribution in [3.8, 4) is 5.75 Å². The zero-order valence-electron chi connectivity index (χ0n) is 13.2. The third-order valence-corrected chi connectivity index (χ3v) is 3.77. The molecule has 22 heavy (non-hydrogen) atoms. The minimum Gasteiger partial charge on any atom is -0.482 e. The third kappa shape index (κ3) is 5.61. The van der Waals surface area contributed by atoms with E-state index in [1.54, 1.807) is 0 Å². The maximum absolute atomic E-state index is 12.8. The Morgan fingerprint density at radius 1 is 1.32 bits per heavy atom. The lowest BCUT2D eigenvalue weighted by molar-refractivity contribution is -0.907. The molecule has 0 spiro atoms. The minimum absolute atomic E-state index is 0.136. The fourth-order valence-corrected chi connectivity index (χ4v) is 2.52. The monoisotopic (exact) mass is 311 g/mol. The number of benzene rings is 1. The summed E-state index contributed by atoms with van der Waals surface area (Å²) in [6, 6.07) is 5.56. The van der Waals surface area contributed by atoms with Crippen LogP contribution in [-0.4, -0.2) is 63.4 Å². The van der Waals surface area contributed by atoms with Crippen LogP contribution in [0.15, 0.2) is 24.3 Å². The van der Waals surface area contributed by atoms with Gasteiger partial charge >= 0.3 is 5.97 Å². The molecular formula is C16H24FN2O3+. The van der Waals surface area contributed by atoms with E-state index < -0.39 is 5.97 Å². The van der Waals surface area contributed by atoms with Crippen LogP contribution in [-0.2, 0) is 9.53 Å². The van der Waals surface area contributed by atoms with Gasteiger partial charge in [-0.3, -0.25) is 4.90 Å². The summed E-state index contributed by atoms with van der Waals surface area (Å²) in [5.41, 5.74) is 0. The molecule has 5 nitrogen and oxygen atoms in total. The van der Waals surface area contributed by atoms with Gasteiger partial charge in [-0.2, -0.15) is 0 Å². The predicted molar refractivity (Wildman–Crippen MR) is 80.5 cm³/mol. The Morgan fingerprint density at radius 2 is 1.95 bits per heavy atom. The summed E-state index contributed by atoms with van der Waals surface area (Å²) in [5.74, 6) is -0.278. The zero-order valence-corrected chi connectivity index (χ0v) is 13.2. The van der Waals surface area contributed by atoms with Crippen molar-refractivity contribution in [2.75, 3.05) is 46.4 Å². The highest BCUT2D eigenvalue weighted by Gasteiger charge is 2.21. The molecule has 0 radical (unpaired) electrons. The summed E-state index contributed by atoms with van der Waals surface area (Å²) in [6.45, 7) is 6.85. The van der Waals surface area contributed by atoms with E-state index in [-0.39, 0.29) is 18.5 Å². The molecule has 0 bridgehead atoms. The average molecular weight is 311 g/mol. The molecule has 2 rings (SSSR count). The van der Waals surface area contributed by atoms with Gasteiger partial charge in [0.1, 0.15) is 24.2 Å². The van der Waals surface area contributed by atoms with Crippen molar-refractivity contribution in [3.05, 3.63) is 30.1 Å². The van der Waals surface area contributed by atoms with Crippen LogP contribution in [0.4, 0.5) is 4.39 Å². The quantitative estimate of drug-likeness (QED) is 0.749. The summed E-state index contributed by atoms with van der Waals surface area (Å²) in [5, 5.41) is 0. The number of quaternary nitrogens is 1. The standard InChI is InChI=1S/C16H23FN2O3/c1-13(11-19-9-7-18(2)8-10-19)22-16(20)12-21-15-5-3-14(17)4-6-15/h3-6,13H,7-12H2,1-2H3/p+1. The lowest BCUT2D eigenvalue weighted by atomic mass is 10.3. The topological polar surface area (TPSA) is 43.2 Å². The van der Waals surface area contributed by atoms with Gasteiger partial charge in [-0.05, 0) is 38.2 Å². The Bertz CT molecular complexity index is 473. The molecule has 1 aromatic rings. The van der Waals surface area contributed by atoms with Crippen molar-refractivity contribution in [3.63, 3.8) is 0 Å². The normalized spacial score (nSPS) is 18.0. The molecule has 1 heterocycles. The van der Waals surface area contributed by atoms with Crippen molar-refractivity contribution < 1.29 is 23.6 Å². The first-order valence-corrected chi connectivity index (χ1v) is 7.63. The Morgan fingerprint density at radius 3 is 2.59 bits per heavy atom. The van der Waals surface area contributed by atoms with E-state index in [1.165, 1.54) is 29.2 Å². The van der Waals surface area contributed by atoms with E-state index >= 15 is 0 Å². The Hall–Kier alpha value is -1.66. The van der Waals surface area contributed by atoms with Crippen LogP contribution in [0.5, 0.6) is 5.75 Å². The summed E-state index contributed by atoms with van der Waals surface area (Å²) >= 11 is 0. The van der Waals surface area contributed by atoms with Gasteiger partial charge in [0.2, 0.25) is 0 Å². The second kappa shape index (κ2) is 8.10. The van der Waals surface area contributed by atoms with Crippen LogP contribution >= 0.6 is 0 Å². The number of hydrogen-bond donors (Lipinski definition) is 1. The van der Waals surface area contributed by atoms with Crippen molar-refractivity contribution >= 4 is 5.97 Å². The molecule has 1 fully saturated rings. The fourth-order valence-electron chi connectivity index (χ4n) is 2.52. The van der Waals surface area contributed by atoms with E-state index in [4.69, 9.17) is 9.47 Å². The molecule has 1 aliphatic rings. The Kier molecular flexibility index (Phi) is 6.15. The number of carbonyl (C=O) groups excluding carboxylic acids is 1. The molecular weight excluding hydrogens is 287 g/mol. The maximum atomic E-state index is 12.8. The van der Waals surface area contributed by atoms with E-state index in [1.807, 2.05) is 6.92 Å². The number of hydrogen-bond acceptors (Lipinski definition) is 4. The second-order valence-electron chi connectivity index (χ2n) is 5.80. The van der Waals surface area contributed by atoms with Gasteiger partial charge < -0.3 is 14.4 Å². The number of halogens is 1. The minimum atomic E-state index is -0.398. The smallest absolute Gasteiger partial charge is 0.344 e. The summed E-state index contributed by atoms with van der Waals surface area (Å²) < 4.78 is 23.4. The van der Waals surface area contributed by atoms with Crippen molar-refractivity contribution in [1.82, 2.24) is 4.90 Å². The van der Waals surface area contributed by atoms with Gasteiger partial charge in [0.05, 0.1) is 13.1 Å². The number of rotatable bonds is 6. The molecule has 1 saturated heterocycles. The molecule has 1 unspecified atom stereocenters. The van der Waals surface area contributed by atoms with Crippen LogP contribution in [0.2, 0.25) is 0 Å². The van der Waals surface area contributed by atoms with Gasteiger partial charge in [-0.25, -0.2) is 9.18 Å². The zero-order chi connectivity index (χ0) is 15.9. The fraction of sp³-hybridized carbons (Fsp3) is 0.562. The van der Waals surface area contributed by atoms with Crippen molar-refractivity contribution in [2.24, 2.45) is 0 Å². The lowest BCUT2D eigenvalue weighted by Crippen LogP contribution is -3.15. The molecule has 1 N–H and O–H groups in total. The van der Waals surface area contributed by atoms with Gasteiger partial charge in [0.25, 0.3) is 0 Å². The van der Waals surface area contributed by atoms with Gasteiger partial charge in [0.15, 0.2) is 6.61 Å². The first kappa shape index (κ1) is 16.7. The number of carbonyl (C=O) groups is 1. The lowest BCUT2D eigenvalue weighted by Gasteiger charge is -2.30. The number of piperazine rings is 1. The first-order chi connectivity index (χ1) is 10.5. The van der Waals surface area contributed by atoms with Crippen molar-refractivity contribution in [2.45, 2.75) is 13.0 Å². The molecule has 0 saturated carbocycles. The molecule has 122 valence electrons. The highest BCUT2D eigenvalue weighted by Crippen LogP contribution is 2.10. The Labute approximate surface area is 130 Å². The number of ether oxygens (including phenoxy) is 2. The van der Waals surface area contributed by atoms with Crippen LogP contribution in [0.1, 0.15) is 6.92 Å².